The van der Waals surface area contributed by atoms with Gasteiger partial charge >= 0.3 is 0 Å². The molecule has 0 saturated heterocycles. The number of carbonyl (C=O) groups excluding carboxylic acids is 1. The predicted octanol–water partition coefficient (Wildman–Crippen LogP) is 2.63. The molecule has 0 aliphatic heterocycles. The van der Waals surface area contributed by atoms with Crippen molar-refractivity contribution in [3.8, 4) is 0 Å². The van der Waals surface area contributed by atoms with E-state index in [1.165, 1.54) is 12.1 Å². The van der Waals surface area contributed by atoms with Gasteiger partial charge in [0.15, 0.2) is 0 Å². The van der Waals surface area contributed by atoms with Crippen molar-refractivity contribution in [2.75, 3.05) is 13.7 Å². The van der Waals surface area contributed by atoms with Crippen LogP contribution in [-0.2, 0) is 16.0 Å². The van der Waals surface area contributed by atoms with Gasteiger partial charge in [-0.1, -0.05) is 17.7 Å². The molecule has 1 aromatic rings. The minimum atomic E-state index is -0.468. The maximum absolute atomic E-state index is 12.8. The molecule has 0 radical (unpaired) electrons. The van der Waals surface area contributed by atoms with Crippen molar-refractivity contribution in [3.63, 3.8) is 0 Å². The first kappa shape index (κ1) is 12.1. The molecule has 0 bridgehead atoms. The Labute approximate surface area is 93.0 Å². The third-order valence-corrected chi connectivity index (χ3v) is 2.26. The van der Waals surface area contributed by atoms with Gasteiger partial charge in [0.25, 0.3) is 0 Å². The number of benzene rings is 1. The molecule has 0 fully saturated rings. The summed E-state index contributed by atoms with van der Waals surface area (Å²) in [5.41, 5.74) is 0.725. The predicted molar refractivity (Wildman–Crippen MR) is 56.6 cm³/mol. The molecule has 0 aromatic heterocycles. The van der Waals surface area contributed by atoms with Crippen molar-refractivity contribution in [1.82, 2.24) is 0 Å². The molecule has 0 spiro atoms. The van der Waals surface area contributed by atoms with Crippen LogP contribution in [0.2, 0.25) is 5.02 Å². The first-order valence-electron chi connectivity index (χ1n) is 4.58. The Hall–Kier alpha value is -0.930. The van der Waals surface area contributed by atoms with E-state index in [9.17, 15) is 9.18 Å². The second-order valence-corrected chi connectivity index (χ2v) is 3.61. The highest BCUT2D eigenvalue weighted by Gasteiger charge is 2.06. The average Bonchev–Trinajstić information content (AvgIpc) is 2.20. The standard InChI is InChI=1S/C11H12ClFO2/c1-15-5-4-9(14)6-8-2-3-11(13)10(12)7-8/h2-3,7H,4-6H2,1H3. The van der Waals surface area contributed by atoms with Gasteiger partial charge in [-0.05, 0) is 17.7 Å². The van der Waals surface area contributed by atoms with Gasteiger partial charge in [-0.15, -0.1) is 0 Å². The van der Waals surface area contributed by atoms with E-state index in [-0.39, 0.29) is 17.2 Å². The van der Waals surface area contributed by atoms with E-state index < -0.39 is 5.82 Å². The maximum atomic E-state index is 12.8. The lowest BCUT2D eigenvalue weighted by Gasteiger charge is -2.02. The highest BCUT2D eigenvalue weighted by atomic mass is 35.5. The highest BCUT2D eigenvalue weighted by molar-refractivity contribution is 6.30. The number of rotatable bonds is 5. The van der Waals surface area contributed by atoms with Crippen LogP contribution in [0.3, 0.4) is 0 Å². The summed E-state index contributed by atoms with van der Waals surface area (Å²) in [6.07, 6.45) is 0.634. The molecule has 15 heavy (non-hydrogen) atoms. The Balaban J connectivity index is 2.57. The lowest BCUT2D eigenvalue weighted by atomic mass is 10.1. The fraction of sp³-hybridized carbons (Fsp3) is 0.364. The summed E-state index contributed by atoms with van der Waals surface area (Å²) < 4.78 is 17.6. The molecule has 4 heteroatoms. The largest absolute Gasteiger partial charge is 0.384 e. The summed E-state index contributed by atoms with van der Waals surface area (Å²) in [6, 6.07) is 4.30. The molecule has 1 rings (SSSR count). The van der Waals surface area contributed by atoms with Crippen LogP contribution in [-0.4, -0.2) is 19.5 Å². The van der Waals surface area contributed by atoms with Gasteiger partial charge in [0.1, 0.15) is 11.6 Å². The summed E-state index contributed by atoms with van der Waals surface area (Å²) in [5.74, 6) is -0.413. The van der Waals surface area contributed by atoms with Gasteiger partial charge in [-0.3, -0.25) is 4.79 Å². The Kier molecular flexibility index (Phi) is 4.72. The van der Waals surface area contributed by atoms with Crippen molar-refractivity contribution in [1.29, 1.82) is 0 Å². The molecule has 0 aliphatic carbocycles. The van der Waals surface area contributed by atoms with E-state index >= 15 is 0 Å². The number of hydrogen-bond donors (Lipinski definition) is 0. The molecule has 0 N–H and O–H groups in total. The third kappa shape index (κ3) is 3.98. The van der Waals surface area contributed by atoms with Crippen LogP contribution in [0.1, 0.15) is 12.0 Å². The van der Waals surface area contributed by atoms with Gasteiger partial charge in [0.05, 0.1) is 11.6 Å². The van der Waals surface area contributed by atoms with E-state index in [0.29, 0.717) is 13.0 Å². The Morgan fingerprint density at radius 1 is 1.53 bits per heavy atom. The molecule has 0 heterocycles. The van der Waals surface area contributed by atoms with Crippen LogP contribution in [0, 0.1) is 5.82 Å². The molecule has 0 amide bonds. The van der Waals surface area contributed by atoms with Crippen LogP contribution in [0.15, 0.2) is 18.2 Å². The van der Waals surface area contributed by atoms with E-state index in [1.54, 1.807) is 13.2 Å². The Morgan fingerprint density at radius 3 is 2.87 bits per heavy atom. The number of ether oxygens (including phenoxy) is 1. The van der Waals surface area contributed by atoms with Gasteiger partial charge < -0.3 is 4.74 Å². The Morgan fingerprint density at radius 2 is 2.27 bits per heavy atom. The number of Topliss-reactive ketones (excluding diaryl/α,β-unsaturated/α-hetero) is 1. The fourth-order valence-electron chi connectivity index (χ4n) is 1.18. The number of halogens is 2. The zero-order valence-corrected chi connectivity index (χ0v) is 9.18. The number of ketones is 1. The highest BCUT2D eigenvalue weighted by Crippen LogP contribution is 2.16. The van der Waals surface area contributed by atoms with Crippen LogP contribution < -0.4 is 0 Å². The smallest absolute Gasteiger partial charge is 0.141 e. The molecule has 82 valence electrons. The monoisotopic (exact) mass is 230 g/mol. The summed E-state index contributed by atoms with van der Waals surface area (Å²) in [4.78, 5) is 11.4. The molecule has 1 aromatic carbocycles. The number of carbonyl (C=O) groups is 1. The minimum Gasteiger partial charge on any atom is -0.384 e. The topological polar surface area (TPSA) is 26.3 Å². The molecule has 0 aliphatic rings. The second kappa shape index (κ2) is 5.83. The van der Waals surface area contributed by atoms with E-state index in [1.807, 2.05) is 0 Å². The van der Waals surface area contributed by atoms with Crippen molar-refractivity contribution < 1.29 is 13.9 Å². The molecular formula is C11H12ClFO2. The molecule has 2 nitrogen and oxygen atoms in total. The summed E-state index contributed by atoms with van der Waals surface area (Å²) >= 11 is 5.59. The third-order valence-electron chi connectivity index (χ3n) is 1.97. The van der Waals surface area contributed by atoms with Crippen molar-refractivity contribution >= 4 is 17.4 Å². The van der Waals surface area contributed by atoms with Crippen LogP contribution >= 0.6 is 11.6 Å². The van der Waals surface area contributed by atoms with E-state index in [0.717, 1.165) is 5.56 Å². The summed E-state index contributed by atoms with van der Waals surface area (Å²) in [6.45, 7) is 0.410. The molecule has 0 saturated carbocycles. The van der Waals surface area contributed by atoms with Crippen LogP contribution in [0.4, 0.5) is 4.39 Å². The quantitative estimate of drug-likeness (QED) is 0.777. The Bertz CT molecular complexity index is 352. The number of methoxy groups -OCH3 is 1. The second-order valence-electron chi connectivity index (χ2n) is 3.21. The van der Waals surface area contributed by atoms with Crippen molar-refractivity contribution in [3.05, 3.63) is 34.6 Å². The van der Waals surface area contributed by atoms with Crippen LogP contribution in [0.5, 0.6) is 0 Å². The zero-order valence-electron chi connectivity index (χ0n) is 8.43. The molecular weight excluding hydrogens is 219 g/mol. The normalized spacial score (nSPS) is 10.3. The van der Waals surface area contributed by atoms with Gasteiger partial charge in [0.2, 0.25) is 0 Å². The van der Waals surface area contributed by atoms with Gasteiger partial charge in [0, 0.05) is 20.0 Å². The fourth-order valence-corrected chi connectivity index (χ4v) is 1.38. The van der Waals surface area contributed by atoms with Gasteiger partial charge in [-0.25, -0.2) is 4.39 Å². The van der Waals surface area contributed by atoms with Gasteiger partial charge in [-0.2, -0.15) is 0 Å². The summed E-state index contributed by atoms with van der Waals surface area (Å²) in [5, 5.41) is 0.0482. The van der Waals surface area contributed by atoms with Crippen LogP contribution in [0.25, 0.3) is 0 Å². The molecule has 0 atom stereocenters. The molecule has 0 unspecified atom stereocenters. The summed E-state index contributed by atoms with van der Waals surface area (Å²) in [7, 11) is 1.54. The maximum Gasteiger partial charge on any atom is 0.141 e. The lowest BCUT2D eigenvalue weighted by Crippen LogP contribution is -2.06. The number of hydrogen-bond acceptors (Lipinski definition) is 2. The first-order chi connectivity index (χ1) is 7.13. The van der Waals surface area contributed by atoms with E-state index in [4.69, 9.17) is 16.3 Å². The first-order valence-corrected chi connectivity index (χ1v) is 4.96. The SMILES string of the molecule is COCCC(=O)Cc1ccc(F)c(Cl)c1. The average molecular weight is 231 g/mol. The lowest BCUT2D eigenvalue weighted by molar-refractivity contribution is -0.119. The zero-order chi connectivity index (χ0) is 11.3. The van der Waals surface area contributed by atoms with Crippen molar-refractivity contribution in [2.45, 2.75) is 12.8 Å². The van der Waals surface area contributed by atoms with Crippen molar-refractivity contribution in [2.24, 2.45) is 0 Å². The van der Waals surface area contributed by atoms with E-state index in [2.05, 4.69) is 0 Å². The minimum absolute atomic E-state index is 0.0482.